The highest BCUT2D eigenvalue weighted by atomic mass is 35.5. The minimum absolute atomic E-state index is 0.270. The van der Waals surface area contributed by atoms with Gasteiger partial charge in [-0.1, -0.05) is 12.8 Å². The molecule has 2 rings (SSSR count). The predicted molar refractivity (Wildman–Crippen MR) is 70.3 cm³/mol. The highest BCUT2D eigenvalue weighted by molar-refractivity contribution is 6.17. The van der Waals surface area contributed by atoms with Gasteiger partial charge in [0.2, 0.25) is 5.91 Å². The second kappa shape index (κ2) is 6.60. The Labute approximate surface area is 109 Å². The van der Waals surface area contributed by atoms with Crippen molar-refractivity contribution < 1.29 is 4.79 Å². The van der Waals surface area contributed by atoms with Crippen LogP contribution in [-0.4, -0.2) is 42.4 Å². The van der Waals surface area contributed by atoms with Crippen LogP contribution in [0.15, 0.2) is 0 Å². The molecule has 0 saturated carbocycles. The summed E-state index contributed by atoms with van der Waals surface area (Å²) in [4.78, 5) is 14.1. The minimum atomic E-state index is 0.270. The molecular formula is C13H23ClN2O. The summed E-state index contributed by atoms with van der Waals surface area (Å²) >= 11 is 5.66. The number of halogens is 1. The number of alkyl halides is 1. The van der Waals surface area contributed by atoms with Crippen molar-refractivity contribution in [3.63, 3.8) is 0 Å². The summed E-state index contributed by atoms with van der Waals surface area (Å²) in [5.74, 6) is 1.33. The lowest BCUT2D eigenvalue weighted by molar-refractivity contribution is -0.124. The van der Waals surface area contributed by atoms with E-state index in [1.807, 2.05) is 0 Å². The second-order valence-electron chi connectivity index (χ2n) is 5.20. The summed E-state index contributed by atoms with van der Waals surface area (Å²) in [6.45, 7) is 3.19. The van der Waals surface area contributed by atoms with E-state index in [9.17, 15) is 4.79 Å². The Kier molecular flexibility index (Phi) is 5.11. The maximum atomic E-state index is 11.6. The molecule has 2 fully saturated rings. The number of piperidine rings is 1. The fourth-order valence-corrected chi connectivity index (χ4v) is 3.27. The van der Waals surface area contributed by atoms with Gasteiger partial charge in [0, 0.05) is 18.5 Å². The highest BCUT2D eigenvalue weighted by Gasteiger charge is 2.40. The Morgan fingerprint density at radius 1 is 1.29 bits per heavy atom. The molecule has 2 aliphatic rings. The average Bonchev–Trinajstić information content (AvgIpc) is 2.72. The van der Waals surface area contributed by atoms with Crippen molar-refractivity contribution in [2.45, 2.75) is 44.6 Å². The van der Waals surface area contributed by atoms with Gasteiger partial charge in [0.1, 0.15) is 0 Å². The van der Waals surface area contributed by atoms with E-state index in [1.54, 1.807) is 0 Å². The largest absolute Gasteiger partial charge is 0.354 e. The van der Waals surface area contributed by atoms with E-state index in [0.717, 1.165) is 31.8 Å². The maximum absolute atomic E-state index is 11.6. The van der Waals surface area contributed by atoms with Gasteiger partial charge < -0.3 is 5.32 Å². The molecule has 4 heteroatoms. The number of nitrogens with one attached hydrogen (secondary N) is 1. The van der Waals surface area contributed by atoms with Gasteiger partial charge in [0.15, 0.2) is 0 Å². The van der Waals surface area contributed by atoms with Crippen LogP contribution in [0.2, 0.25) is 0 Å². The van der Waals surface area contributed by atoms with E-state index in [2.05, 4.69) is 10.2 Å². The Morgan fingerprint density at radius 2 is 2.12 bits per heavy atom. The van der Waals surface area contributed by atoms with Crippen molar-refractivity contribution in [1.29, 1.82) is 0 Å². The summed E-state index contributed by atoms with van der Waals surface area (Å²) in [6.07, 6.45) is 7.14. The quantitative estimate of drug-likeness (QED) is 0.584. The van der Waals surface area contributed by atoms with Gasteiger partial charge >= 0.3 is 0 Å². The summed E-state index contributed by atoms with van der Waals surface area (Å²) < 4.78 is 0. The van der Waals surface area contributed by atoms with Crippen LogP contribution in [0.1, 0.15) is 38.5 Å². The van der Waals surface area contributed by atoms with Crippen molar-refractivity contribution in [3.05, 3.63) is 0 Å². The molecular weight excluding hydrogens is 236 g/mol. The van der Waals surface area contributed by atoms with Gasteiger partial charge in [0.25, 0.3) is 0 Å². The first-order valence-corrected chi connectivity index (χ1v) is 7.44. The third-order valence-corrected chi connectivity index (χ3v) is 4.31. The van der Waals surface area contributed by atoms with Crippen molar-refractivity contribution in [2.24, 2.45) is 5.92 Å². The zero-order valence-corrected chi connectivity index (χ0v) is 11.2. The number of amides is 1. The lowest BCUT2D eigenvalue weighted by Gasteiger charge is -2.35. The number of likely N-dealkylation sites (tertiary alicyclic amines) is 1. The first kappa shape index (κ1) is 13.2. The molecule has 2 heterocycles. The SMILES string of the molecule is O=C1NCC2C1CCCN2CCCCCCCl. The summed E-state index contributed by atoms with van der Waals surface area (Å²) in [6, 6.07) is 0.476. The number of rotatable bonds is 6. The molecule has 17 heavy (non-hydrogen) atoms. The van der Waals surface area contributed by atoms with E-state index in [4.69, 9.17) is 11.6 Å². The first-order valence-electron chi connectivity index (χ1n) is 6.90. The zero-order chi connectivity index (χ0) is 12.1. The first-order chi connectivity index (χ1) is 8.33. The second-order valence-corrected chi connectivity index (χ2v) is 5.58. The van der Waals surface area contributed by atoms with Crippen LogP contribution in [0.25, 0.3) is 0 Å². The fraction of sp³-hybridized carbons (Fsp3) is 0.923. The molecule has 98 valence electrons. The van der Waals surface area contributed by atoms with Crippen molar-refractivity contribution in [2.75, 3.05) is 25.5 Å². The summed E-state index contributed by atoms with van der Waals surface area (Å²) in [7, 11) is 0. The smallest absolute Gasteiger partial charge is 0.224 e. The molecule has 2 aliphatic heterocycles. The lowest BCUT2D eigenvalue weighted by atomic mass is 9.91. The number of fused-ring (bicyclic) bond motifs is 1. The molecule has 2 unspecified atom stereocenters. The van der Waals surface area contributed by atoms with Crippen molar-refractivity contribution in [3.8, 4) is 0 Å². The number of carbonyl (C=O) groups is 1. The van der Waals surface area contributed by atoms with Gasteiger partial charge in [-0.05, 0) is 38.8 Å². The molecule has 0 aromatic carbocycles. The summed E-state index contributed by atoms with van der Waals surface area (Å²) in [5.41, 5.74) is 0. The number of hydrogen-bond donors (Lipinski definition) is 1. The van der Waals surface area contributed by atoms with Gasteiger partial charge in [-0.25, -0.2) is 0 Å². The lowest BCUT2D eigenvalue weighted by Crippen LogP contribution is -2.45. The van der Waals surface area contributed by atoms with E-state index >= 15 is 0 Å². The predicted octanol–water partition coefficient (Wildman–Crippen LogP) is 2.00. The van der Waals surface area contributed by atoms with E-state index in [1.165, 1.54) is 32.2 Å². The molecule has 3 nitrogen and oxygen atoms in total. The van der Waals surface area contributed by atoms with Crippen molar-refractivity contribution >= 4 is 17.5 Å². The van der Waals surface area contributed by atoms with Crippen LogP contribution in [0.3, 0.4) is 0 Å². The van der Waals surface area contributed by atoms with Gasteiger partial charge in [-0.15, -0.1) is 11.6 Å². The maximum Gasteiger partial charge on any atom is 0.224 e. The molecule has 0 spiro atoms. The normalized spacial score (nSPS) is 29.1. The molecule has 0 bridgehead atoms. The minimum Gasteiger partial charge on any atom is -0.354 e. The van der Waals surface area contributed by atoms with E-state index in [-0.39, 0.29) is 11.8 Å². The fourth-order valence-electron chi connectivity index (χ4n) is 3.08. The molecule has 0 aliphatic carbocycles. The van der Waals surface area contributed by atoms with Crippen LogP contribution in [0, 0.1) is 5.92 Å². The zero-order valence-electron chi connectivity index (χ0n) is 10.5. The van der Waals surface area contributed by atoms with Gasteiger partial charge in [0.05, 0.1) is 5.92 Å². The summed E-state index contributed by atoms with van der Waals surface area (Å²) in [5, 5.41) is 3.00. The van der Waals surface area contributed by atoms with Gasteiger partial charge in [-0.3, -0.25) is 9.69 Å². The van der Waals surface area contributed by atoms with Crippen LogP contribution < -0.4 is 5.32 Å². The third-order valence-electron chi connectivity index (χ3n) is 4.05. The Balaban J connectivity index is 1.71. The monoisotopic (exact) mass is 258 g/mol. The Hall–Kier alpha value is -0.280. The van der Waals surface area contributed by atoms with Crippen molar-refractivity contribution in [1.82, 2.24) is 10.2 Å². The number of nitrogens with zero attached hydrogens (tertiary/aromatic N) is 1. The van der Waals surface area contributed by atoms with Gasteiger partial charge in [-0.2, -0.15) is 0 Å². The molecule has 0 aromatic heterocycles. The Morgan fingerprint density at radius 3 is 2.94 bits per heavy atom. The van der Waals surface area contributed by atoms with Crippen LogP contribution in [-0.2, 0) is 4.79 Å². The molecule has 0 aromatic rings. The topological polar surface area (TPSA) is 32.3 Å². The number of unbranched alkanes of at least 4 members (excludes halogenated alkanes) is 3. The highest BCUT2D eigenvalue weighted by Crippen LogP contribution is 2.27. The molecule has 1 amide bonds. The molecule has 2 saturated heterocycles. The third kappa shape index (κ3) is 3.35. The standard InChI is InChI=1S/C13H23ClN2O/c14-7-3-1-2-4-8-16-9-5-6-11-12(16)10-15-13(11)17/h11-12H,1-10H2,(H,15,17). The van der Waals surface area contributed by atoms with E-state index in [0.29, 0.717) is 6.04 Å². The van der Waals surface area contributed by atoms with Crippen LogP contribution in [0.5, 0.6) is 0 Å². The molecule has 1 N–H and O–H groups in total. The van der Waals surface area contributed by atoms with Crippen LogP contribution in [0.4, 0.5) is 0 Å². The molecule has 0 radical (unpaired) electrons. The van der Waals surface area contributed by atoms with Crippen LogP contribution >= 0.6 is 11.6 Å². The molecule has 2 atom stereocenters. The average molecular weight is 259 g/mol. The number of hydrogen-bond acceptors (Lipinski definition) is 2. The number of carbonyl (C=O) groups excluding carboxylic acids is 1. The Bertz CT molecular complexity index is 260. The van der Waals surface area contributed by atoms with E-state index < -0.39 is 0 Å².